The molecule has 23 heavy (non-hydrogen) atoms. The van der Waals surface area contributed by atoms with Gasteiger partial charge in [0.1, 0.15) is 5.75 Å². The van der Waals surface area contributed by atoms with Crippen molar-refractivity contribution in [1.82, 2.24) is 10.2 Å². The predicted molar refractivity (Wildman–Crippen MR) is 90.9 cm³/mol. The van der Waals surface area contributed by atoms with E-state index in [4.69, 9.17) is 16.3 Å². The number of ether oxygens (including phenoxy) is 1. The third-order valence-electron chi connectivity index (χ3n) is 3.94. The molecule has 2 rings (SSSR count). The average molecular weight is 341 g/mol. The summed E-state index contributed by atoms with van der Waals surface area (Å²) in [6.07, 6.45) is 2.85. The smallest absolute Gasteiger partial charge is 0.223 e. The van der Waals surface area contributed by atoms with Gasteiger partial charge in [0.25, 0.3) is 0 Å². The molecule has 1 fully saturated rings. The minimum atomic E-state index is -0.133. The van der Waals surface area contributed by atoms with Crippen LogP contribution < -0.4 is 10.1 Å². The normalized spacial score (nSPS) is 16.3. The van der Waals surface area contributed by atoms with Gasteiger partial charge in [0, 0.05) is 24.7 Å². The number of likely N-dealkylation sites (tertiary alicyclic amines) is 1. The van der Waals surface area contributed by atoms with E-state index in [0.29, 0.717) is 24.6 Å². The maximum Gasteiger partial charge on any atom is 0.223 e. The van der Waals surface area contributed by atoms with Crippen LogP contribution in [0.3, 0.4) is 0 Å². The number of carbonyl (C=O) groups is 1. The van der Waals surface area contributed by atoms with E-state index in [1.165, 1.54) is 0 Å². The molecule has 1 aliphatic heterocycles. The van der Waals surface area contributed by atoms with Gasteiger partial charge in [-0.1, -0.05) is 11.6 Å². The first-order valence-corrected chi connectivity index (χ1v) is 8.57. The van der Waals surface area contributed by atoms with Crippen LogP contribution in [-0.2, 0) is 4.79 Å². The number of carbonyl (C=O) groups excluding carboxylic acids is 1. The second-order valence-electron chi connectivity index (χ2n) is 5.83. The molecule has 1 aromatic carbocycles. The first-order valence-electron chi connectivity index (χ1n) is 8.19. The molecule has 0 spiro atoms. The zero-order valence-electron chi connectivity index (χ0n) is 13.3. The van der Waals surface area contributed by atoms with Crippen LogP contribution in [0.25, 0.3) is 0 Å². The Labute approximate surface area is 142 Å². The van der Waals surface area contributed by atoms with Crippen LogP contribution in [0, 0.1) is 0 Å². The Morgan fingerprint density at radius 3 is 2.70 bits per heavy atom. The molecule has 0 unspecified atom stereocenters. The Balaban J connectivity index is 1.49. The monoisotopic (exact) mass is 340 g/mol. The van der Waals surface area contributed by atoms with E-state index in [-0.39, 0.29) is 12.0 Å². The highest BCUT2D eigenvalue weighted by molar-refractivity contribution is 6.30. The lowest BCUT2D eigenvalue weighted by atomic mass is 10.1. The van der Waals surface area contributed by atoms with Crippen LogP contribution in [0.15, 0.2) is 24.3 Å². The van der Waals surface area contributed by atoms with Crippen molar-refractivity contribution in [2.75, 3.05) is 32.8 Å². The fourth-order valence-electron chi connectivity index (χ4n) is 2.55. The van der Waals surface area contributed by atoms with Crippen LogP contribution in [-0.4, -0.2) is 54.8 Å². The first-order chi connectivity index (χ1) is 11.1. The van der Waals surface area contributed by atoms with Crippen LogP contribution in [0.4, 0.5) is 0 Å². The highest BCUT2D eigenvalue weighted by Crippen LogP contribution is 2.15. The highest BCUT2D eigenvalue weighted by atomic mass is 35.5. The van der Waals surface area contributed by atoms with Crippen molar-refractivity contribution in [1.29, 1.82) is 0 Å². The van der Waals surface area contributed by atoms with Crippen molar-refractivity contribution in [2.24, 2.45) is 0 Å². The van der Waals surface area contributed by atoms with Crippen molar-refractivity contribution in [3.63, 3.8) is 0 Å². The quantitative estimate of drug-likeness (QED) is 0.711. The lowest BCUT2D eigenvalue weighted by molar-refractivity contribution is -0.121. The number of rotatable bonds is 8. The van der Waals surface area contributed by atoms with E-state index in [1.807, 2.05) is 0 Å². The summed E-state index contributed by atoms with van der Waals surface area (Å²) >= 11 is 5.79. The standard InChI is InChI=1S/C17H25ClN2O3/c18-14-2-4-16(5-3-14)23-13-8-17(22)19-9-1-10-20-11-6-15(21)7-12-20/h2-5,15,21H,1,6-13H2,(H,19,22). The molecule has 0 radical (unpaired) electrons. The van der Waals surface area contributed by atoms with Gasteiger partial charge in [-0.05, 0) is 50.1 Å². The maximum absolute atomic E-state index is 11.7. The Morgan fingerprint density at radius 1 is 1.30 bits per heavy atom. The molecule has 5 nitrogen and oxygen atoms in total. The summed E-state index contributed by atoms with van der Waals surface area (Å²) in [4.78, 5) is 14.1. The van der Waals surface area contributed by atoms with E-state index in [9.17, 15) is 9.90 Å². The minimum Gasteiger partial charge on any atom is -0.493 e. The second-order valence-corrected chi connectivity index (χ2v) is 6.27. The second kappa shape index (κ2) is 9.75. The molecule has 1 amide bonds. The van der Waals surface area contributed by atoms with Gasteiger partial charge in [-0.15, -0.1) is 0 Å². The van der Waals surface area contributed by atoms with Crippen molar-refractivity contribution < 1.29 is 14.6 Å². The van der Waals surface area contributed by atoms with Gasteiger partial charge in [0.2, 0.25) is 5.91 Å². The number of amides is 1. The number of halogens is 1. The van der Waals surface area contributed by atoms with Crippen molar-refractivity contribution in [2.45, 2.75) is 31.8 Å². The molecule has 1 aliphatic rings. The number of piperidine rings is 1. The van der Waals surface area contributed by atoms with Gasteiger partial charge in [-0.2, -0.15) is 0 Å². The fraction of sp³-hybridized carbons (Fsp3) is 0.588. The van der Waals surface area contributed by atoms with E-state index in [2.05, 4.69) is 10.2 Å². The number of benzene rings is 1. The van der Waals surface area contributed by atoms with Crippen LogP contribution in [0.1, 0.15) is 25.7 Å². The van der Waals surface area contributed by atoms with E-state index >= 15 is 0 Å². The molecule has 6 heteroatoms. The Bertz CT molecular complexity index is 473. The molecule has 0 bridgehead atoms. The van der Waals surface area contributed by atoms with Crippen LogP contribution >= 0.6 is 11.6 Å². The fourth-order valence-corrected chi connectivity index (χ4v) is 2.68. The largest absolute Gasteiger partial charge is 0.493 e. The van der Waals surface area contributed by atoms with Crippen LogP contribution in [0.5, 0.6) is 5.75 Å². The summed E-state index contributed by atoms with van der Waals surface area (Å²) in [5.41, 5.74) is 0. The van der Waals surface area contributed by atoms with Gasteiger partial charge in [-0.25, -0.2) is 0 Å². The summed E-state index contributed by atoms with van der Waals surface area (Å²) in [5, 5.41) is 13.0. The summed E-state index contributed by atoms with van der Waals surface area (Å²) in [7, 11) is 0. The lowest BCUT2D eigenvalue weighted by Crippen LogP contribution is -2.37. The van der Waals surface area contributed by atoms with Crippen molar-refractivity contribution in [3.05, 3.63) is 29.3 Å². The van der Waals surface area contributed by atoms with Gasteiger partial charge >= 0.3 is 0 Å². The topological polar surface area (TPSA) is 61.8 Å². The van der Waals surface area contributed by atoms with Gasteiger partial charge in [0.15, 0.2) is 0 Å². The summed E-state index contributed by atoms with van der Waals surface area (Å²) in [6.45, 7) is 3.90. The van der Waals surface area contributed by atoms with Crippen molar-refractivity contribution in [3.8, 4) is 5.75 Å². The van der Waals surface area contributed by atoms with Gasteiger partial charge in [0.05, 0.1) is 19.1 Å². The average Bonchev–Trinajstić information content (AvgIpc) is 2.55. The Morgan fingerprint density at radius 2 is 2.00 bits per heavy atom. The summed E-state index contributed by atoms with van der Waals surface area (Å²) in [6, 6.07) is 7.10. The minimum absolute atomic E-state index is 0.00744. The molecular formula is C17H25ClN2O3. The Hall–Kier alpha value is -1.30. The van der Waals surface area contributed by atoms with Gasteiger partial charge in [-0.3, -0.25) is 4.79 Å². The molecule has 0 aliphatic carbocycles. The van der Waals surface area contributed by atoms with E-state index in [1.54, 1.807) is 24.3 Å². The molecule has 1 aromatic rings. The SMILES string of the molecule is O=C(CCOc1ccc(Cl)cc1)NCCCN1CCC(O)CC1. The molecule has 1 heterocycles. The number of hydrogen-bond donors (Lipinski definition) is 2. The molecule has 0 aromatic heterocycles. The highest BCUT2D eigenvalue weighted by Gasteiger charge is 2.16. The van der Waals surface area contributed by atoms with Crippen LogP contribution in [0.2, 0.25) is 5.02 Å². The third kappa shape index (κ3) is 7.20. The van der Waals surface area contributed by atoms with Crippen molar-refractivity contribution >= 4 is 17.5 Å². The number of nitrogens with one attached hydrogen (secondary N) is 1. The number of hydrogen-bond acceptors (Lipinski definition) is 4. The number of aliphatic hydroxyl groups is 1. The zero-order valence-corrected chi connectivity index (χ0v) is 14.1. The molecule has 2 N–H and O–H groups in total. The lowest BCUT2D eigenvalue weighted by Gasteiger charge is -2.29. The number of aliphatic hydroxyl groups excluding tert-OH is 1. The van der Waals surface area contributed by atoms with Gasteiger partial charge < -0.3 is 20.1 Å². The third-order valence-corrected chi connectivity index (χ3v) is 4.19. The predicted octanol–water partition coefficient (Wildman–Crippen LogP) is 2.07. The first kappa shape index (κ1) is 18.0. The molecular weight excluding hydrogens is 316 g/mol. The summed E-state index contributed by atoms with van der Waals surface area (Å²) in [5.74, 6) is 0.725. The number of nitrogens with zero attached hydrogens (tertiary/aromatic N) is 1. The zero-order chi connectivity index (χ0) is 16.5. The summed E-state index contributed by atoms with van der Waals surface area (Å²) < 4.78 is 5.49. The van der Waals surface area contributed by atoms with E-state index < -0.39 is 0 Å². The van der Waals surface area contributed by atoms with E-state index in [0.717, 1.165) is 44.6 Å². The molecule has 128 valence electrons. The molecule has 0 atom stereocenters. The molecule has 1 saturated heterocycles. The maximum atomic E-state index is 11.7. The molecule has 0 saturated carbocycles. The Kier molecular flexibility index (Phi) is 7.65.